The third-order valence-electron chi connectivity index (χ3n) is 1.61. The van der Waals surface area contributed by atoms with Gasteiger partial charge in [0.1, 0.15) is 0 Å². The van der Waals surface area contributed by atoms with Gasteiger partial charge >= 0.3 is 0 Å². The fourth-order valence-electron chi connectivity index (χ4n) is 0.944. The fourth-order valence-corrected chi connectivity index (χ4v) is 0.944. The summed E-state index contributed by atoms with van der Waals surface area (Å²) in [5.41, 5.74) is 0. The molecule has 56 valence electrons. The molecule has 0 radical (unpaired) electrons. The monoisotopic (exact) mass is 141 g/mol. The SMILES string of the molecule is CC(=O)NC1C=CC1CO. The lowest BCUT2D eigenvalue weighted by Gasteiger charge is -2.27. The molecule has 0 aliphatic heterocycles. The molecule has 2 N–H and O–H groups in total. The number of aliphatic hydroxyl groups is 1. The number of aliphatic hydroxyl groups excluding tert-OH is 1. The van der Waals surface area contributed by atoms with Crippen molar-refractivity contribution in [1.82, 2.24) is 5.32 Å². The summed E-state index contributed by atoms with van der Waals surface area (Å²) < 4.78 is 0. The summed E-state index contributed by atoms with van der Waals surface area (Å²) in [5.74, 6) is 0.0803. The van der Waals surface area contributed by atoms with Crippen molar-refractivity contribution in [3.05, 3.63) is 12.2 Å². The maximum Gasteiger partial charge on any atom is 0.217 e. The van der Waals surface area contributed by atoms with E-state index >= 15 is 0 Å². The zero-order valence-corrected chi connectivity index (χ0v) is 5.87. The highest BCUT2D eigenvalue weighted by atomic mass is 16.3. The Bertz CT molecular complexity index is 165. The van der Waals surface area contributed by atoms with Crippen molar-refractivity contribution < 1.29 is 9.90 Å². The van der Waals surface area contributed by atoms with Crippen LogP contribution in [-0.2, 0) is 4.79 Å². The average Bonchev–Trinajstić information content (AvgIpc) is 1.82. The first-order valence-corrected chi connectivity index (χ1v) is 3.30. The van der Waals surface area contributed by atoms with Crippen molar-refractivity contribution >= 4 is 5.91 Å². The molecule has 1 amide bonds. The van der Waals surface area contributed by atoms with E-state index in [2.05, 4.69) is 5.32 Å². The van der Waals surface area contributed by atoms with Crippen LogP contribution in [0.15, 0.2) is 12.2 Å². The average molecular weight is 141 g/mol. The molecule has 0 aromatic rings. The second-order valence-corrected chi connectivity index (χ2v) is 2.46. The van der Waals surface area contributed by atoms with Crippen molar-refractivity contribution in [3.8, 4) is 0 Å². The van der Waals surface area contributed by atoms with E-state index in [4.69, 9.17) is 5.11 Å². The summed E-state index contributed by atoms with van der Waals surface area (Å²) in [6.45, 7) is 1.59. The van der Waals surface area contributed by atoms with Gasteiger partial charge in [0.25, 0.3) is 0 Å². The first-order chi connectivity index (χ1) is 4.74. The van der Waals surface area contributed by atoms with E-state index in [9.17, 15) is 4.79 Å². The summed E-state index contributed by atoms with van der Waals surface area (Å²) in [7, 11) is 0. The fraction of sp³-hybridized carbons (Fsp3) is 0.571. The van der Waals surface area contributed by atoms with Gasteiger partial charge < -0.3 is 10.4 Å². The maximum atomic E-state index is 10.5. The van der Waals surface area contributed by atoms with Crippen molar-refractivity contribution in [2.45, 2.75) is 13.0 Å². The number of carbonyl (C=O) groups excluding carboxylic acids is 1. The number of hydrogen-bond acceptors (Lipinski definition) is 2. The van der Waals surface area contributed by atoms with Crippen LogP contribution < -0.4 is 5.32 Å². The minimum absolute atomic E-state index is 0.0483. The minimum Gasteiger partial charge on any atom is -0.396 e. The number of hydrogen-bond donors (Lipinski definition) is 2. The highest BCUT2D eigenvalue weighted by Crippen LogP contribution is 2.16. The van der Waals surface area contributed by atoms with Crippen molar-refractivity contribution in [2.75, 3.05) is 6.61 Å². The Labute approximate surface area is 59.7 Å². The molecule has 1 aliphatic rings. The van der Waals surface area contributed by atoms with Gasteiger partial charge in [-0.3, -0.25) is 4.79 Å². The molecule has 1 rings (SSSR count). The van der Waals surface area contributed by atoms with Crippen LogP contribution in [0.2, 0.25) is 0 Å². The van der Waals surface area contributed by atoms with Crippen LogP contribution in [0, 0.1) is 5.92 Å². The van der Waals surface area contributed by atoms with Crippen LogP contribution in [0.5, 0.6) is 0 Å². The molecule has 2 unspecified atom stereocenters. The molecule has 0 heterocycles. The van der Waals surface area contributed by atoms with Gasteiger partial charge in [-0.05, 0) is 0 Å². The van der Waals surface area contributed by atoms with E-state index in [0.717, 1.165) is 0 Å². The lowest BCUT2D eigenvalue weighted by Crippen LogP contribution is -2.42. The highest BCUT2D eigenvalue weighted by molar-refractivity contribution is 5.73. The van der Waals surface area contributed by atoms with Gasteiger partial charge in [-0.15, -0.1) is 0 Å². The Hall–Kier alpha value is -0.830. The number of rotatable bonds is 2. The maximum absolute atomic E-state index is 10.5. The van der Waals surface area contributed by atoms with Gasteiger partial charge in [0, 0.05) is 12.8 Å². The molecule has 0 bridgehead atoms. The third kappa shape index (κ3) is 1.36. The predicted octanol–water partition coefficient (Wildman–Crippen LogP) is -0.331. The van der Waals surface area contributed by atoms with Gasteiger partial charge in [-0.25, -0.2) is 0 Å². The third-order valence-corrected chi connectivity index (χ3v) is 1.61. The summed E-state index contributed by atoms with van der Waals surface area (Å²) in [4.78, 5) is 10.5. The van der Waals surface area contributed by atoms with Crippen LogP contribution in [0.3, 0.4) is 0 Å². The summed E-state index contributed by atoms with van der Waals surface area (Å²) >= 11 is 0. The van der Waals surface area contributed by atoms with Gasteiger partial charge in [-0.2, -0.15) is 0 Å². The Morgan fingerprint density at radius 3 is 2.70 bits per heavy atom. The van der Waals surface area contributed by atoms with Crippen LogP contribution in [0.4, 0.5) is 0 Å². The first-order valence-electron chi connectivity index (χ1n) is 3.30. The van der Waals surface area contributed by atoms with E-state index in [1.807, 2.05) is 12.2 Å². The number of amides is 1. The van der Waals surface area contributed by atoms with Gasteiger partial charge in [0.15, 0.2) is 0 Å². The largest absolute Gasteiger partial charge is 0.396 e. The predicted molar refractivity (Wildman–Crippen MR) is 37.3 cm³/mol. The second-order valence-electron chi connectivity index (χ2n) is 2.46. The molecule has 0 spiro atoms. The van der Waals surface area contributed by atoms with Crippen LogP contribution in [-0.4, -0.2) is 23.7 Å². The Kier molecular flexibility index (Phi) is 2.06. The van der Waals surface area contributed by atoms with E-state index < -0.39 is 0 Å². The molecule has 10 heavy (non-hydrogen) atoms. The molecular weight excluding hydrogens is 130 g/mol. The lowest BCUT2D eigenvalue weighted by molar-refractivity contribution is -0.119. The molecule has 0 saturated carbocycles. The van der Waals surface area contributed by atoms with Crippen LogP contribution in [0.1, 0.15) is 6.92 Å². The summed E-state index contributed by atoms with van der Waals surface area (Å²) in [6.07, 6.45) is 3.77. The topological polar surface area (TPSA) is 49.3 Å². The van der Waals surface area contributed by atoms with E-state index in [1.54, 1.807) is 0 Å². The second kappa shape index (κ2) is 2.84. The normalized spacial score (nSPS) is 29.4. The van der Waals surface area contributed by atoms with Crippen molar-refractivity contribution in [2.24, 2.45) is 5.92 Å². The van der Waals surface area contributed by atoms with Gasteiger partial charge in [0.05, 0.1) is 12.6 Å². The highest BCUT2D eigenvalue weighted by Gasteiger charge is 2.23. The van der Waals surface area contributed by atoms with Crippen LogP contribution >= 0.6 is 0 Å². The molecule has 2 atom stereocenters. The Balaban J connectivity index is 2.32. The van der Waals surface area contributed by atoms with Crippen LogP contribution in [0.25, 0.3) is 0 Å². The molecular formula is C7H11NO2. The molecule has 3 heteroatoms. The van der Waals surface area contributed by atoms with Gasteiger partial charge in [-0.1, -0.05) is 12.2 Å². The van der Waals surface area contributed by atoms with Crippen molar-refractivity contribution in [1.29, 1.82) is 0 Å². The van der Waals surface area contributed by atoms with E-state index in [1.165, 1.54) is 6.92 Å². The molecule has 3 nitrogen and oxygen atoms in total. The van der Waals surface area contributed by atoms with Crippen molar-refractivity contribution in [3.63, 3.8) is 0 Å². The zero-order valence-electron chi connectivity index (χ0n) is 5.87. The van der Waals surface area contributed by atoms with E-state index in [-0.39, 0.29) is 24.5 Å². The number of carbonyl (C=O) groups is 1. The standard InChI is InChI=1S/C7H11NO2/c1-5(10)8-7-3-2-6(7)4-9/h2-3,6-7,9H,4H2,1H3,(H,8,10). The molecule has 1 aliphatic carbocycles. The molecule has 0 fully saturated rings. The summed E-state index contributed by atoms with van der Waals surface area (Å²) in [6, 6.07) is 0.0579. The number of nitrogens with one attached hydrogen (secondary N) is 1. The first kappa shape index (κ1) is 7.28. The van der Waals surface area contributed by atoms with E-state index in [0.29, 0.717) is 0 Å². The smallest absolute Gasteiger partial charge is 0.217 e. The van der Waals surface area contributed by atoms with Gasteiger partial charge in [0.2, 0.25) is 5.91 Å². The molecule has 0 aromatic heterocycles. The summed E-state index contributed by atoms with van der Waals surface area (Å²) in [5, 5.41) is 11.4. The molecule has 0 saturated heterocycles. The molecule has 0 aromatic carbocycles. The Morgan fingerprint density at radius 2 is 2.40 bits per heavy atom. The zero-order chi connectivity index (χ0) is 7.56. The lowest BCUT2D eigenvalue weighted by atomic mass is 9.90. The quantitative estimate of drug-likeness (QED) is 0.517. The minimum atomic E-state index is -0.0483. The Morgan fingerprint density at radius 1 is 1.70 bits per heavy atom.